The Labute approximate surface area is 178 Å². The molecule has 2 aliphatic rings. The molecule has 166 valence electrons. The Bertz CT molecular complexity index is 897. The lowest BCUT2D eigenvalue weighted by molar-refractivity contribution is -0.147. The highest BCUT2D eigenvalue weighted by molar-refractivity contribution is 7.86. The first-order chi connectivity index (χ1) is 14.0. The average molecular weight is 438 g/mol. The number of hydrogen-bond acceptors (Lipinski definition) is 5. The summed E-state index contributed by atoms with van der Waals surface area (Å²) in [6.07, 6.45) is 3.70. The number of carbonyl (C=O) groups is 2. The van der Waals surface area contributed by atoms with E-state index in [1.54, 1.807) is 23.2 Å². The predicted molar refractivity (Wildman–Crippen MR) is 112 cm³/mol. The minimum absolute atomic E-state index is 0.0503. The number of hydrogen-bond donors (Lipinski definition) is 1. The fourth-order valence-corrected chi connectivity index (χ4v) is 5.55. The van der Waals surface area contributed by atoms with E-state index in [-0.39, 0.29) is 25.5 Å². The summed E-state index contributed by atoms with van der Waals surface area (Å²) in [6.45, 7) is 3.22. The van der Waals surface area contributed by atoms with Gasteiger partial charge in [-0.3, -0.25) is 14.6 Å². The van der Waals surface area contributed by atoms with Crippen LogP contribution in [0.1, 0.15) is 38.3 Å². The summed E-state index contributed by atoms with van der Waals surface area (Å²) in [6, 6.07) is 5.38. The molecule has 1 unspecified atom stereocenters. The minimum Gasteiger partial charge on any atom is -0.369 e. The lowest BCUT2D eigenvalue weighted by Gasteiger charge is -2.45. The fourth-order valence-electron chi connectivity index (χ4n) is 4.45. The van der Waals surface area contributed by atoms with Crippen LogP contribution >= 0.6 is 0 Å². The van der Waals surface area contributed by atoms with Gasteiger partial charge in [0.1, 0.15) is 5.41 Å². The third kappa shape index (κ3) is 3.95. The normalized spacial score (nSPS) is 25.3. The highest BCUT2D eigenvalue weighted by atomic mass is 32.2. The molecule has 3 heterocycles. The summed E-state index contributed by atoms with van der Waals surface area (Å²) in [7, 11) is -0.488. The van der Waals surface area contributed by atoms with Gasteiger partial charge in [-0.1, -0.05) is 13.0 Å². The Kier molecular flexibility index (Phi) is 6.22. The second-order valence-corrected chi connectivity index (χ2v) is 10.9. The summed E-state index contributed by atoms with van der Waals surface area (Å²) >= 11 is 0. The van der Waals surface area contributed by atoms with Gasteiger partial charge in [0.05, 0.1) is 5.69 Å². The molecule has 2 aliphatic heterocycles. The SMILES string of the molecule is CN(C)S(=O)(=O)N1CCC(C)(C(=O)N2CCCC(C(N)=O)(c3ccccn3)C2)CC1. The summed E-state index contributed by atoms with van der Waals surface area (Å²) in [5, 5.41) is 0. The van der Waals surface area contributed by atoms with Crippen molar-refractivity contribution in [2.75, 3.05) is 40.3 Å². The number of piperidine rings is 2. The lowest BCUT2D eigenvalue weighted by Crippen LogP contribution is -2.59. The topological polar surface area (TPSA) is 117 Å². The summed E-state index contributed by atoms with van der Waals surface area (Å²) in [4.78, 5) is 32.0. The van der Waals surface area contributed by atoms with E-state index in [0.29, 0.717) is 37.9 Å². The maximum Gasteiger partial charge on any atom is 0.281 e. The lowest BCUT2D eigenvalue weighted by atomic mass is 9.74. The smallest absolute Gasteiger partial charge is 0.281 e. The first kappa shape index (κ1) is 22.6. The van der Waals surface area contributed by atoms with E-state index in [1.165, 1.54) is 22.7 Å². The second kappa shape index (κ2) is 8.24. The zero-order valence-corrected chi connectivity index (χ0v) is 18.7. The van der Waals surface area contributed by atoms with E-state index < -0.39 is 26.9 Å². The number of rotatable bonds is 5. The Morgan fingerprint density at radius 1 is 1.13 bits per heavy atom. The summed E-state index contributed by atoms with van der Waals surface area (Å²) in [5.74, 6) is -0.526. The molecule has 10 heteroatoms. The number of carbonyl (C=O) groups excluding carboxylic acids is 2. The van der Waals surface area contributed by atoms with Crippen LogP contribution < -0.4 is 5.73 Å². The molecule has 3 rings (SSSR count). The number of nitrogens with zero attached hydrogens (tertiary/aromatic N) is 4. The Morgan fingerprint density at radius 2 is 1.80 bits per heavy atom. The van der Waals surface area contributed by atoms with E-state index in [2.05, 4.69) is 4.98 Å². The standard InChI is InChI=1S/C20H31N5O4S/c1-19(9-13-25(14-10-19)30(28,29)23(2)3)18(27)24-12-6-8-20(15-24,17(21)26)16-7-4-5-11-22-16/h4-5,7,11H,6,8-10,12-15H2,1-3H3,(H2,21,26). The van der Waals surface area contributed by atoms with E-state index >= 15 is 0 Å². The van der Waals surface area contributed by atoms with Gasteiger partial charge in [0.25, 0.3) is 10.2 Å². The first-order valence-electron chi connectivity index (χ1n) is 10.2. The molecule has 1 aromatic rings. The molecule has 1 atom stereocenters. The minimum atomic E-state index is -3.49. The molecule has 2 saturated heterocycles. The van der Waals surface area contributed by atoms with Crippen LogP contribution in [-0.4, -0.2) is 79.0 Å². The van der Waals surface area contributed by atoms with Crippen LogP contribution in [0.4, 0.5) is 0 Å². The third-order valence-corrected chi connectivity index (χ3v) is 8.48. The average Bonchev–Trinajstić information content (AvgIpc) is 2.74. The Balaban J connectivity index is 1.78. The quantitative estimate of drug-likeness (QED) is 0.713. The zero-order valence-electron chi connectivity index (χ0n) is 17.9. The molecule has 0 aromatic carbocycles. The van der Waals surface area contributed by atoms with E-state index in [9.17, 15) is 18.0 Å². The molecular weight excluding hydrogens is 406 g/mol. The molecule has 0 bridgehead atoms. The van der Waals surface area contributed by atoms with Crippen molar-refractivity contribution in [3.05, 3.63) is 30.1 Å². The van der Waals surface area contributed by atoms with Crippen LogP contribution in [0.5, 0.6) is 0 Å². The summed E-state index contributed by atoms with van der Waals surface area (Å²) in [5.41, 5.74) is 4.72. The Morgan fingerprint density at radius 3 is 2.33 bits per heavy atom. The number of aromatic nitrogens is 1. The number of nitrogens with two attached hydrogens (primary N) is 1. The van der Waals surface area contributed by atoms with Crippen molar-refractivity contribution in [1.29, 1.82) is 0 Å². The van der Waals surface area contributed by atoms with Crippen molar-refractivity contribution >= 4 is 22.0 Å². The predicted octanol–water partition coefficient (Wildman–Crippen LogP) is 0.336. The highest BCUT2D eigenvalue weighted by Crippen LogP contribution is 2.38. The van der Waals surface area contributed by atoms with Crippen molar-refractivity contribution in [1.82, 2.24) is 18.5 Å². The van der Waals surface area contributed by atoms with Crippen LogP contribution in [0, 0.1) is 5.41 Å². The molecule has 2 N–H and O–H groups in total. The molecule has 0 aliphatic carbocycles. The van der Waals surface area contributed by atoms with Crippen LogP contribution in [0.25, 0.3) is 0 Å². The molecule has 1 aromatic heterocycles. The third-order valence-electron chi connectivity index (χ3n) is 6.54. The van der Waals surface area contributed by atoms with Crippen molar-refractivity contribution < 1.29 is 18.0 Å². The number of amides is 2. The van der Waals surface area contributed by atoms with Crippen molar-refractivity contribution in [3.63, 3.8) is 0 Å². The zero-order chi connectivity index (χ0) is 22.2. The largest absolute Gasteiger partial charge is 0.369 e. The number of pyridine rings is 1. The number of likely N-dealkylation sites (tertiary alicyclic amines) is 1. The van der Waals surface area contributed by atoms with Gasteiger partial charge in [-0.25, -0.2) is 0 Å². The van der Waals surface area contributed by atoms with Crippen LogP contribution in [0.15, 0.2) is 24.4 Å². The van der Waals surface area contributed by atoms with Crippen molar-refractivity contribution in [2.45, 2.75) is 38.0 Å². The van der Waals surface area contributed by atoms with Crippen molar-refractivity contribution in [3.8, 4) is 0 Å². The highest BCUT2D eigenvalue weighted by Gasteiger charge is 2.48. The van der Waals surface area contributed by atoms with E-state index in [0.717, 1.165) is 0 Å². The first-order valence-corrected chi connectivity index (χ1v) is 11.6. The van der Waals surface area contributed by atoms with Gasteiger partial charge in [-0.15, -0.1) is 0 Å². The van der Waals surface area contributed by atoms with Gasteiger partial charge in [-0.2, -0.15) is 17.0 Å². The molecule has 2 fully saturated rings. The van der Waals surface area contributed by atoms with Gasteiger partial charge in [-0.05, 0) is 37.8 Å². The summed E-state index contributed by atoms with van der Waals surface area (Å²) < 4.78 is 27.4. The number of primary amides is 1. The molecule has 9 nitrogen and oxygen atoms in total. The van der Waals surface area contributed by atoms with Crippen molar-refractivity contribution in [2.24, 2.45) is 11.1 Å². The maximum atomic E-state index is 13.5. The van der Waals surface area contributed by atoms with Gasteiger partial charge in [0.15, 0.2) is 0 Å². The maximum absolute atomic E-state index is 13.5. The molecule has 30 heavy (non-hydrogen) atoms. The van der Waals surface area contributed by atoms with Gasteiger partial charge in [0, 0.05) is 51.9 Å². The monoisotopic (exact) mass is 437 g/mol. The van der Waals surface area contributed by atoms with Crippen LogP contribution in [0.3, 0.4) is 0 Å². The molecule has 0 radical (unpaired) electrons. The molecular formula is C20H31N5O4S. The van der Waals surface area contributed by atoms with Crippen LogP contribution in [-0.2, 0) is 25.2 Å². The van der Waals surface area contributed by atoms with E-state index in [4.69, 9.17) is 5.73 Å². The van der Waals surface area contributed by atoms with E-state index in [1.807, 2.05) is 13.0 Å². The molecule has 0 spiro atoms. The fraction of sp³-hybridized carbons (Fsp3) is 0.650. The molecule has 2 amide bonds. The van der Waals surface area contributed by atoms with Gasteiger partial charge in [0.2, 0.25) is 11.8 Å². The second-order valence-electron chi connectivity index (χ2n) is 8.74. The van der Waals surface area contributed by atoms with Crippen LogP contribution in [0.2, 0.25) is 0 Å². The van der Waals surface area contributed by atoms with Gasteiger partial charge >= 0.3 is 0 Å². The molecule has 0 saturated carbocycles. The Hall–Kier alpha value is -2.04. The van der Waals surface area contributed by atoms with Gasteiger partial charge < -0.3 is 10.6 Å².